The largest absolute Gasteiger partial charge is 0.481 e. The topological polar surface area (TPSA) is 74.6 Å². The van der Waals surface area contributed by atoms with E-state index in [1.807, 2.05) is 0 Å². The second kappa shape index (κ2) is 18.8. The zero-order valence-corrected chi connectivity index (χ0v) is 19.9. The van der Waals surface area contributed by atoms with Crippen LogP contribution in [0, 0.1) is 0 Å². The third-order valence-electron chi connectivity index (χ3n) is 5.38. The molecule has 0 aromatic rings. The first-order valence-electron chi connectivity index (χ1n) is 13.7. The molecule has 0 heterocycles. The first-order chi connectivity index (χ1) is 15.4. The Hall–Kier alpha value is -0.940. The number of hydrogen-bond donors (Lipinski definition) is 2. The number of unbranched alkanes of at least 4 members (excludes halogenated alkanes) is 14. The molecule has 0 spiro atoms. The van der Waals surface area contributed by atoms with E-state index in [4.69, 9.17) is 9.22 Å². The van der Waals surface area contributed by atoms with Crippen molar-refractivity contribution in [1.29, 1.82) is 0 Å². The van der Waals surface area contributed by atoms with Crippen LogP contribution in [0.1, 0.15) is 120 Å². The van der Waals surface area contributed by atoms with E-state index in [1.165, 1.54) is 91.1 Å². The minimum absolute atomic E-state index is 0.135. The summed E-state index contributed by atoms with van der Waals surface area (Å²) in [5, 5.41) is 18.9. The van der Waals surface area contributed by atoms with Crippen LogP contribution in [-0.2, 0) is 9.59 Å². The quantitative estimate of drug-likeness (QED) is 0.170. The fourth-order valence-electron chi connectivity index (χ4n) is 3.79. The number of likely N-dealkylation sites (N-methyl/N-ethyl adjacent to an activating group) is 1. The monoisotopic (exact) mass is 431 g/mol. The van der Waals surface area contributed by atoms with Crippen LogP contribution in [-0.4, -0.2) is 59.7 Å². The molecule has 0 aliphatic heterocycles. The van der Waals surface area contributed by atoms with Gasteiger partial charge in [0.25, 0.3) is 0 Å². The third-order valence-corrected chi connectivity index (χ3v) is 5.38. The summed E-state index contributed by atoms with van der Waals surface area (Å²) in [6.07, 6.45) is 15.2. The molecule has 1 unspecified atom stereocenters. The fraction of sp³-hybridized carbons (Fsp3) is 0.920. The lowest BCUT2D eigenvalue weighted by atomic mass is 10.0. The molecule has 0 saturated carbocycles. The average molecular weight is 432 g/mol. The minimum atomic E-state index is -2.82. The van der Waals surface area contributed by atoms with Crippen LogP contribution in [0.2, 0.25) is 0 Å². The number of nitrogens with zero attached hydrogens (tertiary/aromatic N) is 1. The molecule has 5 nitrogen and oxygen atoms in total. The lowest BCUT2D eigenvalue weighted by Gasteiger charge is -2.30. The molecular weight excluding hydrogens is 378 g/mol. The molecule has 5 heteroatoms. The smallest absolute Gasteiger partial charge is 0.306 e. The van der Waals surface area contributed by atoms with Gasteiger partial charge in [0, 0.05) is 6.42 Å². The summed E-state index contributed by atoms with van der Waals surface area (Å²) in [4.78, 5) is 23.2. The minimum Gasteiger partial charge on any atom is -0.481 e. The highest BCUT2D eigenvalue weighted by Crippen LogP contribution is 2.14. The van der Waals surface area contributed by atoms with Crippen molar-refractivity contribution in [2.75, 3.05) is 27.1 Å². The van der Waals surface area contributed by atoms with Crippen molar-refractivity contribution in [1.82, 2.24) is 0 Å². The Morgan fingerprint density at radius 1 is 0.833 bits per heavy atom. The highest BCUT2D eigenvalue weighted by molar-refractivity contribution is 5.79. The predicted octanol–water partition coefficient (Wildman–Crippen LogP) is 5.73. The van der Waals surface area contributed by atoms with E-state index in [9.17, 15) is 14.7 Å². The molecule has 178 valence electrons. The lowest BCUT2D eigenvalue weighted by Crippen LogP contribution is -2.48. The van der Waals surface area contributed by atoms with Gasteiger partial charge >= 0.3 is 5.97 Å². The van der Waals surface area contributed by atoms with E-state index in [0.29, 0.717) is 6.42 Å². The van der Waals surface area contributed by atoms with E-state index < -0.39 is 29.5 Å². The number of carbonyl (C=O) groups excluding carboxylic acids is 1. The Kier molecular flexibility index (Phi) is 14.9. The number of ketones is 1. The first kappa shape index (κ1) is 23.7. The van der Waals surface area contributed by atoms with Gasteiger partial charge in [-0.15, -0.1) is 0 Å². The van der Waals surface area contributed by atoms with E-state index in [1.54, 1.807) is 0 Å². The number of carboxylic acid groups (broad SMARTS) is 1. The summed E-state index contributed by atoms with van der Waals surface area (Å²) in [6, 6.07) is 0. The first-order valence-corrected chi connectivity index (χ1v) is 12.2. The summed E-state index contributed by atoms with van der Waals surface area (Å²) in [5.41, 5.74) is 0. The third kappa shape index (κ3) is 20.3. The van der Waals surface area contributed by atoms with Crippen molar-refractivity contribution in [3.63, 3.8) is 0 Å². The molecule has 2 N–H and O–H groups in total. The fourth-order valence-corrected chi connectivity index (χ4v) is 3.79. The Morgan fingerprint density at radius 2 is 1.23 bits per heavy atom. The van der Waals surface area contributed by atoms with Crippen LogP contribution >= 0.6 is 0 Å². The summed E-state index contributed by atoms with van der Waals surface area (Å²) >= 11 is 0. The van der Waals surface area contributed by atoms with Crippen molar-refractivity contribution >= 4 is 11.8 Å². The molecular formula is C25H50NO4+. The van der Waals surface area contributed by atoms with Crippen molar-refractivity contribution in [2.24, 2.45) is 0 Å². The Morgan fingerprint density at radius 3 is 1.63 bits per heavy atom. The summed E-state index contributed by atoms with van der Waals surface area (Å²) in [7, 11) is 2.82. The number of aliphatic carboxylic acids is 1. The van der Waals surface area contributed by atoms with Gasteiger partial charge in [0.1, 0.15) is 19.1 Å². The van der Waals surface area contributed by atoms with Gasteiger partial charge < -0.3 is 14.7 Å². The zero-order chi connectivity index (χ0) is 25.4. The summed E-state index contributed by atoms with van der Waals surface area (Å²) in [6.45, 7) is -0.541. The molecule has 0 aromatic carbocycles. The van der Waals surface area contributed by atoms with Gasteiger partial charge in [-0.1, -0.05) is 96.8 Å². The molecule has 0 amide bonds. The molecule has 0 aromatic heterocycles. The van der Waals surface area contributed by atoms with Crippen molar-refractivity contribution < 1.29 is 28.4 Å². The highest BCUT2D eigenvalue weighted by atomic mass is 16.4. The van der Waals surface area contributed by atoms with Gasteiger partial charge in [0.15, 0.2) is 5.78 Å². The van der Waals surface area contributed by atoms with E-state index >= 15 is 0 Å². The molecule has 0 bridgehead atoms. The van der Waals surface area contributed by atoms with Gasteiger partial charge in [-0.05, 0) is 6.42 Å². The van der Waals surface area contributed by atoms with Crippen LogP contribution in [0.25, 0.3) is 0 Å². The molecule has 0 fully saturated rings. The van der Waals surface area contributed by atoms with Gasteiger partial charge in [-0.3, -0.25) is 9.59 Å². The molecule has 1 atom stereocenters. The van der Waals surface area contributed by atoms with Crippen LogP contribution in [0.5, 0.6) is 0 Å². The molecule has 30 heavy (non-hydrogen) atoms. The molecule has 0 aliphatic carbocycles. The highest BCUT2D eigenvalue weighted by Gasteiger charge is 2.25. The Bertz CT molecular complexity index is 554. The standard InChI is InChI=1S/C25H49NO4/c1-4-5-6-7-8-9-10-11-12-13-14-15-16-17-18-19-23(27)21-26(2,3)22-24(28)20-25(29)30/h24,28H,4-22H2,1-3H3/p+1/i22D2,24D. The van der Waals surface area contributed by atoms with Gasteiger partial charge in [-0.2, -0.15) is 0 Å². The number of rotatable bonds is 22. The molecule has 0 rings (SSSR count). The second-order valence-corrected chi connectivity index (χ2v) is 9.21. The molecule has 0 saturated heterocycles. The lowest BCUT2D eigenvalue weighted by molar-refractivity contribution is -0.885. The van der Waals surface area contributed by atoms with E-state index in [-0.39, 0.29) is 12.3 Å². The van der Waals surface area contributed by atoms with E-state index in [2.05, 4.69) is 6.92 Å². The van der Waals surface area contributed by atoms with Crippen LogP contribution in [0.3, 0.4) is 0 Å². The van der Waals surface area contributed by atoms with Crippen molar-refractivity contribution in [3.05, 3.63) is 0 Å². The summed E-state index contributed by atoms with van der Waals surface area (Å²) in [5.74, 6) is -1.59. The van der Waals surface area contributed by atoms with Crippen molar-refractivity contribution in [2.45, 2.75) is 122 Å². The van der Waals surface area contributed by atoms with Gasteiger partial charge in [-0.25, -0.2) is 0 Å². The maximum Gasteiger partial charge on any atom is 0.306 e. The van der Waals surface area contributed by atoms with Gasteiger partial charge in [0.05, 0.1) is 24.6 Å². The van der Waals surface area contributed by atoms with Crippen molar-refractivity contribution in [3.8, 4) is 0 Å². The summed E-state index contributed by atoms with van der Waals surface area (Å²) < 4.78 is 23.4. The number of carboxylic acids is 1. The average Bonchev–Trinajstić information content (AvgIpc) is 2.69. The Labute approximate surface area is 190 Å². The number of Topliss-reactive ketones (excluding diaryl/α,β-unsaturated/α-hetero) is 1. The van der Waals surface area contributed by atoms with E-state index in [0.717, 1.165) is 19.3 Å². The van der Waals surface area contributed by atoms with Crippen LogP contribution in [0.4, 0.5) is 0 Å². The number of carbonyl (C=O) groups is 2. The maximum absolute atomic E-state index is 12.3. The number of hydrogen-bond acceptors (Lipinski definition) is 3. The number of quaternary nitrogens is 1. The SMILES string of the molecule is [2H]C(O)(CC(=O)O)C([2H])([2H])[N+](C)(C)CC(=O)CCCCCCCCCCCCCCCCC. The van der Waals surface area contributed by atoms with Crippen LogP contribution < -0.4 is 0 Å². The zero-order valence-electron chi connectivity index (χ0n) is 22.9. The second-order valence-electron chi connectivity index (χ2n) is 9.21. The van der Waals surface area contributed by atoms with Crippen LogP contribution in [0.15, 0.2) is 0 Å². The van der Waals surface area contributed by atoms with Gasteiger partial charge in [0.2, 0.25) is 0 Å². The Balaban J connectivity index is 3.88. The molecule has 0 aliphatic rings. The molecule has 0 radical (unpaired) electrons. The predicted molar refractivity (Wildman–Crippen MR) is 125 cm³/mol. The maximum atomic E-state index is 12.3. The normalized spacial score (nSPS) is 15.8. The number of aliphatic hydroxyl groups is 1.